The van der Waals surface area contributed by atoms with Gasteiger partial charge in [0.15, 0.2) is 29.0 Å². The predicted octanol–water partition coefficient (Wildman–Crippen LogP) is 1.19. The number of hydrogen-bond acceptors (Lipinski definition) is 22. The Morgan fingerprint density at radius 3 is 1.88 bits per heavy atom. The molecule has 93 heavy (non-hydrogen) atoms. The standard InChI is InChI=1S/C59H61Cl2N11O21/c1-20(2)12-29(64-3)52(82)70-43-45(76)22-5-10-33(27(60)14-22)90-35-16-24-17-36(51(35)93-59-50(81)49(80)48(79)37(92-59)19-65-72-63)91-34-11-6-23(15-28(34)61)46(77)44-57(87)69-42(58(88)89)25-7-9-32(74)47(78)39(25)26-13-21(4-8-31(26)73)40(54(84)71-44)68-55(85)41(24)67-53(83)30(18-38(62)75)66-56(43)86/h4-11,13-17,20,29-30,37,40-46,48-50,59,64,73-74,76-81H,12,18-19H2,1-3H3,(H2,62,75)(H,66,86)(H,67,83)(H,68,85)(H,69,87)(H,70,82)(H,71,84)(H,88,89)/t29-,30+,37-,40-,41-,42+,43-,44+,45-,46-,48-,49+,50-,59+/m1/s1. The zero-order chi connectivity index (χ0) is 67.6. The number of rotatable bonds is 12. The molecule has 11 bridgehead atoms. The molecular weight excluding hydrogens is 1270 g/mol. The summed E-state index contributed by atoms with van der Waals surface area (Å²) in [4.78, 5) is 118. The highest BCUT2D eigenvalue weighted by atomic mass is 35.5. The Hall–Kier alpha value is -9.73. The van der Waals surface area contributed by atoms with Gasteiger partial charge in [0.1, 0.15) is 78.0 Å². The normalized spacial score (nSPS) is 25.8. The van der Waals surface area contributed by atoms with Crippen molar-refractivity contribution in [1.29, 1.82) is 0 Å². The molecule has 0 aliphatic carbocycles. The summed E-state index contributed by atoms with van der Waals surface area (Å²) < 4.78 is 25.1. The highest BCUT2D eigenvalue weighted by Gasteiger charge is 2.47. The lowest BCUT2D eigenvalue weighted by Gasteiger charge is -2.40. The maximum absolute atomic E-state index is 15.8. The molecule has 6 aliphatic rings. The van der Waals surface area contributed by atoms with E-state index in [2.05, 4.69) is 47.2 Å². The Bertz CT molecular complexity index is 3880. The zero-order valence-corrected chi connectivity index (χ0v) is 50.4. The number of aliphatic hydroxyl groups is 5. The Balaban J connectivity index is 1.32. The molecule has 6 heterocycles. The molecule has 0 unspecified atom stereocenters. The van der Waals surface area contributed by atoms with Crippen LogP contribution in [0.1, 0.15) is 84.8 Å². The van der Waals surface area contributed by atoms with Gasteiger partial charge in [-0.3, -0.25) is 33.6 Å². The molecule has 14 atom stereocenters. The molecule has 34 heteroatoms. The third-order valence-corrected chi connectivity index (χ3v) is 16.2. The number of aliphatic carboxylic acids is 1. The van der Waals surface area contributed by atoms with Gasteiger partial charge in [-0.15, -0.1) is 0 Å². The number of nitrogens with zero attached hydrogens (tertiary/aromatic N) is 3. The third kappa shape index (κ3) is 14.3. The first-order valence-corrected chi connectivity index (χ1v) is 29.1. The van der Waals surface area contributed by atoms with Crippen LogP contribution < -0.4 is 57.2 Å². The first kappa shape index (κ1) is 67.7. The summed E-state index contributed by atoms with van der Waals surface area (Å²) in [5.74, 6) is -16.3. The maximum Gasteiger partial charge on any atom is 0.330 e. The molecule has 5 aromatic rings. The molecule has 1 fully saturated rings. The Morgan fingerprint density at radius 1 is 0.699 bits per heavy atom. The molecular formula is C59H61Cl2N11O21. The molecule has 0 saturated carbocycles. The molecule has 32 nitrogen and oxygen atoms in total. The second-order valence-corrected chi connectivity index (χ2v) is 23.2. The average molecular weight is 1330 g/mol. The van der Waals surface area contributed by atoms with E-state index >= 15 is 14.4 Å². The van der Waals surface area contributed by atoms with Gasteiger partial charge < -0.3 is 108 Å². The topological polar surface area (TPSA) is 515 Å². The highest BCUT2D eigenvalue weighted by molar-refractivity contribution is 6.32. The summed E-state index contributed by atoms with van der Waals surface area (Å²) >= 11 is 13.9. The zero-order valence-electron chi connectivity index (χ0n) is 48.9. The predicted molar refractivity (Wildman–Crippen MR) is 320 cm³/mol. The Labute approximate surface area is 535 Å². The quantitative estimate of drug-likeness (QED) is 0.0361. The SMILES string of the molecule is CN[C@H](CC(C)C)C(=O)N[C@H]1C(=O)N[C@@H](CC(N)=O)C(=O)N[C@H]2C(=O)N[C@H]3C(=O)N[C@H](C(=O)N[C@H](C(=O)O)c4ccc(O)c(O)c4-c4cc3ccc4O)[C@H](O)c3ccc(c(Cl)c3)Oc3cc2cc(c3O[C@@H]2O[C@H](CN=[N+]=[N-])[C@@H](O)[C@H](O)[C@H]2O)Oc2ccc(cc2Cl)[C@H]1O. The number of likely N-dealkylation sites (N-methyl/N-ethyl adjacent to an activating group) is 1. The molecule has 0 radical (unpaired) electrons. The number of nitrogens with two attached hydrogens (primary N) is 1. The molecule has 5 aromatic carbocycles. The van der Waals surface area contributed by atoms with Crippen LogP contribution >= 0.6 is 23.2 Å². The maximum atomic E-state index is 15.8. The van der Waals surface area contributed by atoms with Gasteiger partial charge in [-0.25, -0.2) is 4.79 Å². The lowest BCUT2D eigenvalue weighted by molar-refractivity contribution is -0.270. The first-order chi connectivity index (χ1) is 44.1. The van der Waals surface area contributed by atoms with Crippen LogP contribution in [0, 0.1) is 5.92 Å². The number of benzene rings is 5. The number of phenolic OH excluding ortho intramolecular Hbond substituents is 3. The minimum Gasteiger partial charge on any atom is -0.507 e. The minimum atomic E-state index is -2.33. The molecule has 6 aliphatic heterocycles. The summed E-state index contributed by atoms with van der Waals surface area (Å²) in [7, 11) is 1.47. The number of ether oxygens (including phenoxy) is 4. The van der Waals surface area contributed by atoms with Crippen molar-refractivity contribution in [2.75, 3.05) is 13.6 Å². The molecule has 492 valence electrons. The number of carbonyl (C=O) groups excluding carboxylic acids is 7. The monoisotopic (exact) mass is 1330 g/mol. The number of carbonyl (C=O) groups is 8. The van der Waals surface area contributed by atoms with Gasteiger partial charge in [-0.1, -0.05) is 66.4 Å². The van der Waals surface area contributed by atoms with Crippen molar-refractivity contribution in [2.45, 2.75) is 112 Å². The summed E-state index contributed by atoms with van der Waals surface area (Å²) in [5.41, 5.74) is 12.0. The number of primary amides is 1. The molecule has 18 N–H and O–H groups in total. The fourth-order valence-corrected chi connectivity index (χ4v) is 11.3. The second kappa shape index (κ2) is 28.0. The van der Waals surface area contributed by atoms with Gasteiger partial charge in [-0.05, 0) is 107 Å². The summed E-state index contributed by atoms with van der Waals surface area (Å²) in [6.07, 6.45) is -14.9. The van der Waals surface area contributed by atoms with Gasteiger partial charge in [-0.2, -0.15) is 0 Å². The van der Waals surface area contributed by atoms with E-state index in [1.807, 2.05) is 13.8 Å². The number of carboxylic acid groups (broad SMARTS) is 1. The van der Waals surface area contributed by atoms with Crippen LogP contribution in [0.5, 0.6) is 46.0 Å². The van der Waals surface area contributed by atoms with Gasteiger partial charge in [0.25, 0.3) is 0 Å². The van der Waals surface area contributed by atoms with Crippen molar-refractivity contribution >= 4 is 70.5 Å². The van der Waals surface area contributed by atoms with Crippen molar-refractivity contribution in [3.63, 3.8) is 0 Å². The number of aliphatic hydroxyl groups excluding tert-OH is 5. The number of amides is 7. The molecule has 11 rings (SSSR count). The van der Waals surface area contributed by atoms with E-state index in [1.54, 1.807) is 0 Å². The lowest BCUT2D eigenvalue weighted by Crippen LogP contribution is -2.59. The largest absolute Gasteiger partial charge is 0.507 e. The van der Waals surface area contributed by atoms with Crippen molar-refractivity contribution in [1.82, 2.24) is 37.2 Å². The van der Waals surface area contributed by atoms with Gasteiger partial charge in [0.2, 0.25) is 53.4 Å². The van der Waals surface area contributed by atoms with Gasteiger partial charge >= 0.3 is 5.97 Å². The molecule has 0 aromatic heterocycles. The fraction of sp³-hybridized carbons (Fsp3) is 0.356. The van der Waals surface area contributed by atoms with Crippen molar-refractivity contribution < 1.29 is 103 Å². The van der Waals surface area contributed by atoms with Crippen LogP contribution in [0.25, 0.3) is 21.6 Å². The smallest absolute Gasteiger partial charge is 0.330 e. The van der Waals surface area contributed by atoms with Crippen LogP contribution in [0.4, 0.5) is 0 Å². The second-order valence-electron chi connectivity index (χ2n) is 22.4. The molecule has 1 saturated heterocycles. The molecule has 0 spiro atoms. The number of aromatic hydroxyl groups is 3. The fourth-order valence-electron chi connectivity index (χ4n) is 10.8. The Kier molecular flexibility index (Phi) is 20.4. The highest BCUT2D eigenvalue weighted by Crippen LogP contribution is 2.50. The van der Waals surface area contributed by atoms with Crippen LogP contribution in [-0.4, -0.2) is 162 Å². The third-order valence-electron chi connectivity index (χ3n) is 15.6. The van der Waals surface area contributed by atoms with Gasteiger partial charge in [0, 0.05) is 16.0 Å². The van der Waals surface area contributed by atoms with Crippen LogP contribution in [0.2, 0.25) is 10.0 Å². The number of halogens is 2. The number of azide groups is 1. The average Bonchev–Trinajstić information content (AvgIpc) is 0.776. The van der Waals surface area contributed by atoms with Crippen molar-refractivity contribution in [2.24, 2.45) is 16.8 Å². The van der Waals surface area contributed by atoms with E-state index in [9.17, 15) is 69.9 Å². The van der Waals surface area contributed by atoms with Crippen LogP contribution in [0.15, 0.2) is 84.0 Å². The number of fused-ring (bicyclic) bond motifs is 15. The van der Waals surface area contributed by atoms with Crippen LogP contribution in [0.3, 0.4) is 0 Å². The van der Waals surface area contributed by atoms with E-state index in [0.29, 0.717) is 0 Å². The summed E-state index contributed by atoms with van der Waals surface area (Å²) in [6.45, 7) is 2.98. The van der Waals surface area contributed by atoms with E-state index < -0.39 is 213 Å². The number of hydrogen-bond donors (Lipinski definition) is 17. The van der Waals surface area contributed by atoms with E-state index in [4.69, 9.17) is 53.4 Å². The van der Waals surface area contributed by atoms with E-state index in [1.165, 1.54) is 19.2 Å². The van der Waals surface area contributed by atoms with Crippen molar-refractivity contribution in [3.8, 4) is 57.1 Å². The minimum absolute atomic E-state index is 0.0892. The number of carboxylic acids is 1. The van der Waals surface area contributed by atoms with E-state index in [0.717, 1.165) is 66.7 Å². The summed E-state index contributed by atoms with van der Waals surface area (Å²) in [6, 6.07) is -0.495. The number of phenols is 3. The van der Waals surface area contributed by atoms with E-state index in [-0.39, 0.29) is 39.8 Å². The molecule has 7 amide bonds. The Morgan fingerprint density at radius 2 is 1.29 bits per heavy atom. The lowest BCUT2D eigenvalue weighted by atomic mass is 9.89. The first-order valence-electron chi connectivity index (χ1n) is 28.3. The van der Waals surface area contributed by atoms with Crippen LogP contribution in [-0.2, 0) is 43.1 Å². The summed E-state index contributed by atoms with van der Waals surface area (Å²) in [5, 5.41) is 122. The van der Waals surface area contributed by atoms with Crippen molar-refractivity contribution in [3.05, 3.63) is 127 Å². The number of nitrogens with one attached hydrogen (secondary N) is 7. The van der Waals surface area contributed by atoms with Gasteiger partial charge in [0.05, 0.1) is 35.2 Å².